The molecular weight excluding hydrogens is 150 g/mol. The van der Waals surface area contributed by atoms with E-state index in [2.05, 4.69) is 26.2 Å². The van der Waals surface area contributed by atoms with Crippen molar-refractivity contribution in [1.82, 2.24) is 5.32 Å². The molecule has 0 aromatic heterocycles. The molecule has 2 nitrogen and oxygen atoms in total. The molecule has 1 saturated heterocycles. The third kappa shape index (κ3) is 1.99. The minimum absolute atomic E-state index is 0.323. The molecule has 1 N–H and O–H groups in total. The molecule has 1 aliphatic rings. The van der Waals surface area contributed by atoms with Gasteiger partial charge in [0.2, 0.25) is 0 Å². The highest BCUT2D eigenvalue weighted by atomic mass is 16.5. The van der Waals surface area contributed by atoms with E-state index in [9.17, 15) is 0 Å². The highest BCUT2D eigenvalue weighted by molar-refractivity contribution is 4.88. The summed E-state index contributed by atoms with van der Waals surface area (Å²) in [6.07, 6.45) is 3.63. The third-order valence-electron chi connectivity index (χ3n) is 3.43. The molecule has 0 aromatic rings. The van der Waals surface area contributed by atoms with Gasteiger partial charge in [0.15, 0.2) is 0 Å². The zero-order valence-corrected chi connectivity index (χ0v) is 8.52. The summed E-state index contributed by atoms with van der Waals surface area (Å²) >= 11 is 0. The Kier molecular flexibility index (Phi) is 3.53. The Morgan fingerprint density at radius 3 is 2.42 bits per heavy atom. The van der Waals surface area contributed by atoms with Crippen molar-refractivity contribution in [3.63, 3.8) is 0 Å². The standard InChI is InChI=1S/C10H21NO/c1-4-10(2,11-3)9-5-7-12-8-6-9/h9,11H,4-8H2,1-3H3/t10-/m1/s1. The Bertz CT molecular complexity index is 126. The molecule has 12 heavy (non-hydrogen) atoms. The van der Waals surface area contributed by atoms with Gasteiger partial charge < -0.3 is 10.1 Å². The van der Waals surface area contributed by atoms with Crippen LogP contribution < -0.4 is 5.32 Å². The predicted octanol–water partition coefficient (Wildman–Crippen LogP) is 1.80. The van der Waals surface area contributed by atoms with Gasteiger partial charge in [-0.05, 0) is 39.2 Å². The minimum atomic E-state index is 0.323. The van der Waals surface area contributed by atoms with Crippen molar-refractivity contribution in [3.05, 3.63) is 0 Å². The maximum atomic E-state index is 5.36. The number of hydrogen-bond acceptors (Lipinski definition) is 2. The van der Waals surface area contributed by atoms with E-state index in [1.54, 1.807) is 0 Å². The van der Waals surface area contributed by atoms with E-state index in [-0.39, 0.29) is 0 Å². The van der Waals surface area contributed by atoms with E-state index in [1.165, 1.54) is 19.3 Å². The number of ether oxygens (including phenoxy) is 1. The minimum Gasteiger partial charge on any atom is -0.381 e. The largest absolute Gasteiger partial charge is 0.381 e. The molecule has 0 aromatic carbocycles. The Labute approximate surface area is 75.7 Å². The first kappa shape index (κ1) is 10.0. The van der Waals surface area contributed by atoms with Crippen LogP contribution in [0.15, 0.2) is 0 Å². The van der Waals surface area contributed by atoms with Crippen LogP contribution in [0.4, 0.5) is 0 Å². The van der Waals surface area contributed by atoms with E-state index in [1.807, 2.05) is 0 Å². The zero-order chi connectivity index (χ0) is 9.03. The van der Waals surface area contributed by atoms with Gasteiger partial charge in [-0.25, -0.2) is 0 Å². The molecule has 0 unspecified atom stereocenters. The predicted molar refractivity (Wildman–Crippen MR) is 51.3 cm³/mol. The fraction of sp³-hybridized carbons (Fsp3) is 1.00. The number of nitrogens with one attached hydrogen (secondary N) is 1. The fourth-order valence-electron chi connectivity index (χ4n) is 2.00. The summed E-state index contributed by atoms with van der Waals surface area (Å²) in [5, 5.41) is 3.44. The van der Waals surface area contributed by atoms with Crippen LogP contribution in [-0.4, -0.2) is 25.8 Å². The monoisotopic (exact) mass is 171 g/mol. The summed E-state index contributed by atoms with van der Waals surface area (Å²) in [6.45, 7) is 6.47. The normalized spacial score (nSPS) is 25.2. The van der Waals surface area contributed by atoms with Crippen molar-refractivity contribution in [2.24, 2.45) is 5.92 Å². The molecule has 72 valence electrons. The van der Waals surface area contributed by atoms with Crippen molar-refractivity contribution >= 4 is 0 Å². The molecule has 1 heterocycles. The van der Waals surface area contributed by atoms with Crippen LogP contribution in [0.1, 0.15) is 33.1 Å². The van der Waals surface area contributed by atoms with Gasteiger partial charge in [-0.3, -0.25) is 0 Å². The van der Waals surface area contributed by atoms with E-state index >= 15 is 0 Å². The first-order chi connectivity index (χ1) is 5.73. The maximum absolute atomic E-state index is 5.36. The lowest BCUT2D eigenvalue weighted by molar-refractivity contribution is 0.0334. The molecule has 0 aliphatic carbocycles. The van der Waals surface area contributed by atoms with E-state index in [0.29, 0.717) is 5.54 Å². The Balaban J connectivity index is 2.51. The van der Waals surface area contributed by atoms with Gasteiger partial charge in [-0.1, -0.05) is 6.92 Å². The molecule has 2 heteroatoms. The van der Waals surface area contributed by atoms with Gasteiger partial charge in [-0.2, -0.15) is 0 Å². The van der Waals surface area contributed by atoms with Crippen LogP contribution in [0, 0.1) is 5.92 Å². The van der Waals surface area contributed by atoms with Crippen LogP contribution in [0.2, 0.25) is 0 Å². The van der Waals surface area contributed by atoms with Gasteiger partial charge >= 0.3 is 0 Å². The highest BCUT2D eigenvalue weighted by Crippen LogP contribution is 2.29. The summed E-state index contributed by atoms with van der Waals surface area (Å²) < 4.78 is 5.36. The Hall–Kier alpha value is -0.0800. The second-order valence-electron chi connectivity index (χ2n) is 3.91. The lowest BCUT2D eigenvalue weighted by Crippen LogP contribution is -2.48. The molecule has 0 radical (unpaired) electrons. The van der Waals surface area contributed by atoms with Crippen LogP contribution in [-0.2, 0) is 4.74 Å². The molecular formula is C10H21NO. The van der Waals surface area contributed by atoms with Gasteiger partial charge in [0.25, 0.3) is 0 Å². The Morgan fingerprint density at radius 2 is 2.00 bits per heavy atom. The summed E-state index contributed by atoms with van der Waals surface area (Å²) in [5.74, 6) is 0.793. The van der Waals surface area contributed by atoms with Crippen molar-refractivity contribution in [2.75, 3.05) is 20.3 Å². The number of rotatable bonds is 3. The zero-order valence-electron chi connectivity index (χ0n) is 8.52. The van der Waals surface area contributed by atoms with Gasteiger partial charge in [0, 0.05) is 18.8 Å². The third-order valence-corrected chi connectivity index (χ3v) is 3.43. The van der Waals surface area contributed by atoms with Crippen molar-refractivity contribution in [2.45, 2.75) is 38.6 Å². The van der Waals surface area contributed by atoms with Crippen LogP contribution >= 0.6 is 0 Å². The maximum Gasteiger partial charge on any atom is 0.0469 e. The summed E-state index contributed by atoms with van der Waals surface area (Å²) in [4.78, 5) is 0. The second kappa shape index (κ2) is 4.24. The molecule has 1 fully saturated rings. The quantitative estimate of drug-likeness (QED) is 0.699. The van der Waals surface area contributed by atoms with Gasteiger partial charge in [0.1, 0.15) is 0 Å². The van der Waals surface area contributed by atoms with Crippen LogP contribution in [0.25, 0.3) is 0 Å². The van der Waals surface area contributed by atoms with Crippen LogP contribution in [0.5, 0.6) is 0 Å². The van der Waals surface area contributed by atoms with E-state index in [4.69, 9.17) is 4.74 Å². The Morgan fingerprint density at radius 1 is 1.42 bits per heavy atom. The smallest absolute Gasteiger partial charge is 0.0469 e. The molecule has 1 aliphatic heterocycles. The highest BCUT2D eigenvalue weighted by Gasteiger charge is 2.31. The topological polar surface area (TPSA) is 21.3 Å². The second-order valence-corrected chi connectivity index (χ2v) is 3.91. The van der Waals surface area contributed by atoms with Crippen molar-refractivity contribution in [1.29, 1.82) is 0 Å². The fourth-order valence-corrected chi connectivity index (χ4v) is 2.00. The lowest BCUT2D eigenvalue weighted by Gasteiger charge is -2.39. The molecule has 1 rings (SSSR count). The first-order valence-corrected chi connectivity index (χ1v) is 4.99. The van der Waals surface area contributed by atoms with Crippen molar-refractivity contribution in [3.8, 4) is 0 Å². The summed E-state index contributed by atoms with van der Waals surface area (Å²) in [6, 6.07) is 0. The van der Waals surface area contributed by atoms with E-state index in [0.717, 1.165) is 19.1 Å². The molecule has 0 spiro atoms. The average Bonchev–Trinajstić information content (AvgIpc) is 2.18. The van der Waals surface area contributed by atoms with Gasteiger partial charge in [0.05, 0.1) is 0 Å². The molecule has 0 bridgehead atoms. The lowest BCUT2D eigenvalue weighted by atomic mass is 9.79. The molecule has 0 saturated carbocycles. The average molecular weight is 171 g/mol. The number of hydrogen-bond donors (Lipinski definition) is 1. The summed E-state index contributed by atoms with van der Waals surface area (Å²) in [7, 11) is 2.07. The molecule has 0 amide bonds. The SMILES string of the molecule is CC[C@@](C)(NC)C1CCOCC1. The van der Waals surface area contributed by atoms with Crippen LogP contribution in [0.3, 0.4) is 0 Å². The first-order valence-electron chi connectivity index (χ1n) is 4.99. The van der Waals surface area contributed by atoms with Crippen molar-refractivity contribution < 1.29 is 4.74 Å². The van der Waals surface area contributed by atoms with E-state index < -0.39 is 0 Å². The van der Waals surface area contributed by atoms with Gasteiger partial charge in [-0.15, -0.1) is 0 Å². The summed E-state index contributed by atoms with van der Waals surface area (Å²) in [5.41, 5.74) is 0.323. The molecule has 1 atom stereocenters.